The van der Waals surface area contributed by atoms with Crippen molar-refractivity contribution in [1.29, 1.82) is 0 Å². The summed E-state index contributed by atoms with van der Waals surface area (Å²) in [6, 6.07) is -0.233. The van der Waals surface area contributed by atoms with E-state index >= 15 is 0 Å². The van der Waals surface area contributed by atoms with Crippen molar-refractivity contribution < 1.29 is 12.8 Å². The molecular weight excluding hydrogens is 228 g/mol. The van der Waals surface area contributed by atoms with Gasteiger partial charge in [0.2, 0.25) is 5.89 Å². The van der Waals surface area contributed by atoms with Gasteiger partial charge in [-0.2, -0.15) is 0 Å². The molecular formula is C10H16N2O3S. The van der Waals surface area contributed by atoms with Gasteiger partial charge in [-0.05, 0) is 19.8 Å². The van der Waals surface area contributed by atoms with E-state index in [0.29, 0.717) is 18.0 Å². The summed E-state index contributed by atoms with van der Waals surface area (Å²) >= 11 is 0. The highest BCUT2D eigenvalue weighted by Crippen LogP contribution is 2.33. The van der Waals surface area contributed by atoms with Crippen molar-refractivity contribution in [2.24, 2.45) is 5.73 Å². The van der Waals surface area contributed by atoms with Gasteiger partial charge in [-0.3, -0.25) is 0 Å². The first kappa shape index (κ1) is 11.6. The van der Waals surface area contributed by atoms with Gasteiger partial charge in [0.1, 0.15) is 11.5 Å². The Morgan fingerprint density at radius 2 is 2.31 bits per heavy atom. The molecule has 1 aromatic rings. The first-order valence-electron chi connectivity index (χ1n) is 5.43. The van der Waals surface area contributed by atoms with Gasteiger partial charge in [-0.15, -0.1) is 0 Å². The summed E-state index contributed by atoms with van der Waals surface area (Å²) in [5.74, 6) is 0.528. The van der Waals surface area contributed by atoms with Crippen LogP contribution in [-0.2, 0) is 9.84 Å². The van der Waals surface area contributed by atoms with Crippen molar-refractivity contribution in [3.05, 3.63) is 17.8 Å². The summed E-state index contributed by atoms with van der Waals surface area (Å²) in [4.78, 5) is 4.16. The van der Waals surface area contributed by atoms with E-state index in [4.69, 9.17) is 10.2 Å². The molecule has 0 saturated carbocycles. The summed E-state index contributed by atoms with van der Waals surface area (Å²) in [6.07, 6.45) is 3.69. The number of hydrogen-bond acceptors (Lipinski definition) is 5. The molecule has 1 fully saturated rings. The van der Waals surface area contributed by atoms with Gasteiger partial charge in [0.25, 0.3) is 0 Å². The maximum absolute atomic E-state index is 11.8. The quantitative estimate of drug-likeness (QED) is 0.848. The third-order valence-corrected chi connectivity index (χ3v) is 5.02. The minimum absolute atomic E-state index is 0.230. The van der Waals surface area contributed by atoms with E-state index in [9.17, 15) is 8.42 Å². The van der Waals surface area contributed by atoms with Crippen LogP contribution in [0.1, 0.15) is 49.1 Å². The van der Waals surface area contributed by atoms with E-state index in [1.807, 2.05) is 0 Å². The minimum atomic E-state index is -3.09. The SMILES string of the molecule is CC(N)c1coc(C2CCCCS2(=O)=O)n1. The van der Waals surface area contributed by atoms with Crippen molar-refractivity contribution in [1.82, 2.24) is 4.98 Å². The fourth-order valence-corrected chi connectivity index (χ4v) is 3.72. The third kappa shape index (κ3) is 2.12. The topological polar surface area (TPSA) is 86.2 Å². The molecule has 2 unspecified atom stereocenters. The van der Waals surface area contributed by atoms with Crippen LogP contribution in [0.5, 0.6) is 0 Å². The zero-order valence-corrected chi connectivity index (χ0v) is 10.0. The summed E-state index contributed by atoms with van der Waals surface area (Å²) in [5, 5.41) is -0.575. The smallest absolute Gasteiger partial charge is 0.212 e. The molecule has 0 radical (unpaired) electrons. The van der Waals surface area contributed by atoms with Gasteiger partial charge in [-0.1, -0.05) is 6.42 Å². The number of aromatic nitrogens is 1. The zero-order chi connectivity index (χ0) is 11.8. The molecule has 0 aromatic carbocycles. The Morgan fingerprint density at radius 1 is 1.56 bits per heavy atom. The number of sulfone groups is 1. The largest absolute Gasteiger partial charge is 0.447 e. The molecule has 1 saturated heterocycles. The molecule has 90 valence electrons. The van der Waals surface area contributed by atoms with Gasteiger partial charge in [0.15, 0.2) is 9.84 Å². The molecule has 2 atom stereocenters. The van der Waals surface area contributed by atoms with Crippen LogP contribution in [0.2, 0.25) is 0 Å². The summed E-state index contributed by atoms with van der Waals surface area (Å²) in [6.45, 7) is 1.79. The Kier molecular flexibility index (Phi) is 3.03. The van der Waals surface area contributed by atoms with Crippen LogP contribution in [0.4, 0.5) is 0 Å². The van der Waals surface area contributed by atoms with Gasteiger partial charge in [0, 0.05) is 6.04 Å². The van der Waals surface area contributed by atoms with Crippen LogP contribution in [0, 0.1) is 0 Å². The molecule has 1 aromatic heterocycles. The molecule has 0 amide bonds. The van der Waals surface area contributed by atoms with Gasteiger partial charge in [-0.25, -0.2) is 13.4 Å². The van der Waals surface area contributed by atoms with E-state index in [2.05, 4.69) is 4.98 Å². The van der Waals surface area contributed by atoms with Gasteiger partial charge in [0.05, 0.1) is 11.4 Å². The third-order valence-electron chi connectivity index (χ3n) is 2.86. The molecule has 2 rings (SSSR count). The number of nitrogens with two attached hydrogens (primary N) is 1. The lowest BCUT2D eigenvalue weighted by atomic mass is 10.2. The Bertz CT molecular complexity index is 464. The van der Waals surface area contributed by atoms with E-state index in [-0.39, 0.29) is 11.8 Å². The van der Waals surface area contributed by atoms with Crippen LogP contribution in [-0.4, -0.2) is 19.2 Å². The minimum Gasteiger partial charge on any atom is -0.447 e. The highest BCUT2D eigenvalue weighted by molar-refractivity contribution is 7.91. The first-order valence-corrected chi connectivity index (χ1v) is 7.15. The molecule has 2 heterocycles. The lowest BCUT2D eigenvalue weighted by Crippen LogP contribution is -2.22. The standard InChI is InChI=1S/C10H16N2O3S/c1-7(11)8-6-15-10(12-8)9-4-2-3-5-16(9,13)14/h6-7,9H,2-5,11H2,1H3. The van der Waals surface area contributed by atoms with Crippen LogP contribution in [0.25, 0.3) is 0 Å². The van der Waals surface area contributed by atoms with Crippen LogP contribution < -0.4 is 5.73 Å². The van der Waals surface area contributed by atoms with E-state index < -0.39 is 15.1 Å². The Hall–Kier alpha value is -0.880. The normalized spacial score (nSPS) is 26.5. The summed E-state index contributed by atoms with van der Waals surface area (Å²) in [5.41, 5.74) is 6.26. The Balaban J connectivity index is 2.29. The van der Waals surface area contributed by atoms with Gasteiger partial charge >= 0.3 is 0 Å². The van der Waals surface area contributed by atoms with Gasteiger partial charge < -0.3 is 10.2 Å². The first-order chi connectivity index (χ1) is 7.50. The molecule has 16 heavy (non-hydrogen) atoms. The molecule has 1 aliphatic heterocycles. The average molecular weight is 244 g/mol. The number of oxazole rings is 1. The predicted octanol–water partition coefficient (Wildman–Crippen LogP) is 1.33. The Morgan fingerprint density at radius 3 is 2.88 bits per heavy atom. The summed E-state index contributed by atoms with van der Waals surface area (Å²) < 4.78 is 28.9. The molecule has 2 N–H and O–H groups in total. The summed E-state index contributed by atoms with van der Waals surface area (Å²) in [7, 11) is -3.09. The highest BCUT2D eigenvalue weighted by Gasteiger charge is 2.34. The predicted molar refractivity (Wildman–Crippen MR) is 59.5 cm³/mol. The fourth-order valence-electron chi connectivity index (χ4n) is 1.89. The average Bonchev–Trinajstić information content (AvgIpc) is 2.65. The molecule has 1 aliphatic rings. The van der Waals surface area contributed by atoms with E-state index in [1.54, 1.807) is 6.92 Å². The second-order valence-electron chi connectivity index (χ2n) is 4.25. The molecule has 0 bridgehead atoms. The van der Waals surface area contributed by atoms with Crippen molar-refractivity contribution in [3.8, 4) is 0 Å². The number of rotatable bonds is 2. The molecule has 5 nitrogen and oxygen atoms in total. The van der Waals surface area contributed by atoms with Crippen molar-refractivity contribution >= 4 is 9.84 Å². The highest BCUT2D eigenvalue weighted by atomic mass is 32.2. The number of hydrogen-bond donors (Lipinski definition) is 1. The zero-order valence-electron chi connectivity index (χ0n) is 9.22. The van der Waals surface area contributed by atoms with E-state index in [1.165, 1.54) is 6.26 Å². The fraction of sp³-hybridized carbons (Fsp3) is 0.700. The molecule has 0 aliphatic carbocycles. The van der Waals surface area contributed by atoms with Crippen molar-refractivity contribution in [2.45, 2.75) is 37.5 Å². The van der Waals surface area contributed by atoms with Crippen LogP contribution in [0.15, 0.2) is 10.7 Å². The van der Waals surface area contributed by atoms with Crippen LogP contribution >= 0.6 is 0 Å². The maximum atomic E-state index is 11.8. The van der Waals surface area contributed by atoms with Crippen LogP contribution in [0.3, 0.4) is 0 Å². The van der Waals surface area contributed by atoms with Crippen molar-refractivity contribution in [2.75, 3.05) is 5.75 Å². The second kappa shape index (κ2) is 4.18. The number of nitrogens with zero attached hydrogens (tertiary/aromatic N) is 1. The van der Waals surface area contributed by atoms with Crippen molar-refractivity contribution in [3.63, 3.8) is 0 Å². The molecule has 0 spiro atoms. The second-order valence-corrected chi connectivity index (χ2v) is 6.55. The monoisotopic (exact) mass is 244 g/mol. The lowest BCUT2D eigenvalue weighted by Gasteiger charge is -2.19. The Labute approximate surface area is 95.0 Å². The lowest BCUT2D eigenvalue weighted by molar-refractivity contribution is 0.452. The van der Waals surface area contributed by atoms with E-state index in [0.717, 1.165) is 12.8 Å². The molecule has 6 heteroatoms. The maximum Gasteiger partial charge on any atom is 0.212 e.